The van der Waals surface area contributed by atoms with E-state index in [4.69, 9.17) is 23.8 Å². The van der Waals surface area contributed by atoms with Crippen LogP contribution in [0.4, 0.5) is 5.69 Å². The summed E-state index contributed by atoms with van der Waals surface area (Å²) in [4.78, 5) is 0. The van der Waals surface area contributed by atoms with Gasteiger partial charge in [0, 0.05) is 10.7 Å². The number of hydrogen-bond donors (Lipinski definition) is 2. The SMILES string of the molecule is Cc1ccc(C(C)NC(=S)Nc2ccc(C)c(Cl)c2)c(C)c1. The molecule has 0 aliphatic rings. The highest BCUT2D eigenvalue weighted by atomic mass is 35.5. The van der Waals surface area contributed by atoms with E-state index in [-0.39, 0.29) is 6.04 Å². The average molecular weight is 333 g/mol. The predicted molar refractivity (Wildman–Crippen MR) is 99.9 cm³/mol. The molecule has 0 spiro atoms. The van der Waals surface area contributed by atoms with E-state index >= 15 is 0 Å². The normalized spacial score (nSPS) is 11.9. The highest BCUT2D eigenvalue weighted by Gasteiger charge is 2.10. The van der Waals surface area contributed by atoms with Gasteiger partial charge in [0.1, 0.15) is 0 Å². The summed E-state index contributed by atoms with van der Waals surface area (Å²) < 4.78 is 0. The summed E-state index contributed by atoms with van der Waals surface area (Å²) in [7, 11) is 0. The zero-order chi connectivity index (χ0) is 16.3. The van der Waals surface area contributed by atoms with Gasteiger partial charge >= 0.3 is 0 Å². The third kappa shape index (κ3) is 4.21. The Hall–Kier alpha value is -1.58. The lowest BCUT2D eigenvalue weighted by molar-refractivity contribution is 0.717. The molecule has 2 nitrogen and oxygen atoms in total. The van der Waals surface area contributed by atoms with Gasteiger partial charge in [-0.3, -0.25) is 0 Å². The van der Waals surface area contributed by atoms with Crippen LogP contribution in [0.3, 0.4) is 0 Å². The fraction of sp³-hybridized carbons (Fsp3) is 0.278. The van der Waals surface area contributed by atoms with Crippen LogP contribution in [0, 0.1) is 20.8 Å². The number of nitrogens with one attached hydrogen (secondary N) is 2. The van der Waals surface area contributed by atoms with Crippen molar-refractivity contribution in [2.24, 2.45) is 0 Å². The zero-order valence-electron chi connectivity index (χ0n) is 13.3. The molecule has 0 bridgehead atoms. The molecule has 116 valence electrons. The second-order valence-corrected chi connectivity index (χ2v) is 6.46. The van der Waals surface area contributed by atoms with Crippen molar-refractivity contribution in [3.8, 4) is 0 Å². The molecule has 0 aliphatic heterocycles. The molecule has 0 amide bonds. The maximum absolute atomic E-state index is 6.13. The highest BCUT2D eigenvalue weighted by Crippen LogP contribution is 2.21. The van der Waals surface area contributed by atoms with Gasteiger partial charge in [-0.2, -0.15) is 0 Å². The molecule has 0 saturated carbocycles. The Morgan fingerprint density at radius 3 is 2.41 bits per heavy atom. The molecule has 2 aromatic carbocycles. The first-order chi connectivity index (χ1) is 10.4. The molecule has 0 aromatic heterocycles. The first kappa shape index (κ1) is 16.8. The summed E-state index contributed by atoms with van der Waals surface area (Å²) in [5, 5.41) is 7.82. The van der Waals surface area contributed by atoms with Gasteiger partial charge in [0.15, 0.2) is 5.11 Å². The van der Waals surface area contributed by atoms with E-state index in [1.807, 2.05) is 25.1 Å². The monoisotopic (exact) mass is 332 g/mol. The Kier molecular flexibility index (Phi) is 5.43. The molecule has 2 N–H and O–H groups in total. The number of benzene rings is 2. The lowest BCUT2D eigenvalue weighted by Gasteiger charge is -2.19. The minimum atomic E-state index is 0.140. The maximum Gasteiger partial charge on any atom is 0.171 e. The van der Waals surface area contributed by atoms with Crippen molar-refractivity contribution in [1.82, 2.24) is 5.32 Å². The lowest BCUT2D eigenvalue weighted by atomic mass is 10.0. The summed E-state index contributed by atoms with van der Waals surface area (Å²) in [6, 6.07) is 12.4. The van der Waals surface area contributed by atoms with Gasteiger partial charge < -0.3 is 10.6 Å². The molecule has 4 heteroatoms. The van der Waals surface area contributed by atoms with Crippen LogP contribution >= 0.6 is 23.8 Å². The Morgan fingerprint density at radius 2 is 1.77 bits per heavy atom. The number of aryl methyl sites for hydroxylation is 3. The lowest BCUT2D eigenvalue weighted by Crippen LogP contribution is -2.31. The van der Waals surface area contributed by atoms with Crippen molar-refractivity contribution in [2.45, 2.75) is 33.7 Å². The minimum absolute atomic E-state index is 0.140. The second-order valence-electron chi connectivity index (χ2n) is 5.64. The van der Waals surface area contributed by atoms with E-state index in [1.54, 1.807) is 0 Å². The van der Waals surface area contributed by atoms with Crippen LogP contribution in [-0.4, -0.2) is 5.11 Å². The molecule has 1 atom stereocenters. The van der Waals surface area contributed by atoms with Gasteiger partial charge in [0.05, 0.1) is 6.04 Å². The Morgan fingerprint density at radius 1 is 1.05 bits per heavy atom. The topological polar surface area (TPSA) is 24.1 Å². The van der Waals surface area contributed by atoms with E-state index in [0.29, 0.717) is 5.11 Å². The third-order valence-corrected chi connectivity index (χ3v) is 4.30. The van der Waals surface area contributed by atoms with Crippen molar-refractivity contribution in [3.05, 3.63) is 63.7 Å². The van der Waals surface area contributed by atoms with Crippen molar-refractivity contribution in [1.29, 1.82) is 0 Å². The largest absolute Gasteiger partial charge is 0.356 e. The minimum Gasteiger partial charge on any atom is -0.356 e. The van der Waals surface area contributed by atoms with Gasteiger partial charge in [0.2, 0.25) is 0 Å². The van der Waals surface area contributed by atoms with Crippen molar-refractivity contribution < 1.29 is 0 Å². The van der Waals surface area contributed by atoms with E-state index in [0.717, 1.165) is 16.3 Å². The molecule has 0 heterocycles. The third-order valence-electron chi connectivity index (χ3n) is 3.67. The maximum atomic E-state index is 6.13. The van der Waals surface area contributed by atoms with Gasteiger partial charge in [0.25, 0.3) is 0 Å². The van der Waals surface area contributed by atoms with Crippen molar-refractivity contribution >= 4 is 34.6 Å². The van der Waals surface area contributed by atoms with E-state index in [1.165, 1.54) is 16.7 Å². The van der Waals surface area contributed by atoms with Crippen LogP contribution in [0.25, 0.3) is 0 Å². The smallest absolute Gasteiger partial charge is 0.171 e. The van der Waals surface area contributed by atoms with Gasteiger partial charge in [-0.15, -0.1) is 0 Å². The van der Waals surface area contributed by atoms with E-state index in [9.17, 15) is 0 Å². The van der Waals surface area contributed by atoms with Crippen LogP contribution in [0.5, 0.6) is 0 Å². The van der Waals surface area contributed by atoms with Crippen LogP contribution in [0.1, 0.15) is 35.2 Å². The van der Waals surface area contributed by atoms with Crippen LogP contribution < -0.4 is 10.6 Å². The standard InChI is InChI=1S/C18H21ClN2S/c1-11-5-8-16(13(3)9-11)14(4)20-18(22)21-15-7-6-12(2)17(19)10-15/h5-10,14H,1-4H3,(H2,20,21,22). The molecule has 0 radical (unpaired) electrons. The first-order valence-electron chi connectivity index (χ1n) is 7.27. The molecule has 0 fully saturated rings. The van der Waals surface area contributed by atoms with E-state index in [2.05, 4.69) is 49.6 Å². The molecule has 2 rings (SSSR count). The molecule has 2 aromatic rings. The average Bonchev–Trinajstić information content (AvgIpc) is 2.42. The van der Waals surface area contributed by atoms with Crippen molar-refractivity contribution in [2.75, 3.05) is 5.32 Å². The van der Waals surface area contributed by atoms with Gasteiger partial charge in [-0.1, -0.05) is 41.4 Å². The molecular weight excluding hydrogens is 312 g/mol. The second kappa shape index (κ2) is 7.12. The molecule has 0 aliphatic carbocycles. The van der Waals surface area contributed by atoms with Gasteiger partial charge in [-0.25, -0.2) is 0 Å². The molecular formula is C18H21ClN2S. The Bertz CT molecular complexity index is 697. The quantitative estimate of drug-likeness (QED) is 0.744. The van der Waals surface area contributed by atoms with Crippen LogP contribution in [-0.2, 0) is 0 Å². The molecule has 22 heavy (non-hydrogen) atoms. The van der Waals surface area contributed by atoms with Crippen molar-refractivity contribution in [3.63, 3.8) is 0 Å². The fourth-order valence-electron chi connectivity index (χ4n) is 2.42. The zero-order valence-corrected chi connectivity index (χ0v) is 14.9. The molecule has 0 saturated heterocycles. The van der Waals surface area contributed by atoms with Gasteiger partial charge in [-0.05, 0) is 68.7 Å². The number of rotatable bonds is 3. The molecule has 1 unspecified atom stereocenters. The fourth-order valence-corrected chi connectivity index (χ4v) is 2.90. The Balaban J connectivity index is 2.03. The number of anilines is 1. The predicted octanol–water partition coefficient (Wildman–Crippen LogP) is 5.31. The van der Waals surface area contributed by atoms with E-state index < -0.39 is 0 Å². The van der Waals surface area contributed by atoms with Crippen LogP contribution in [0.2, 0.25) is 5.02 Å². The van der Waals surface area contributed by atoms with Crippen LogP contribution in [0.15, 0.2) is 36.4 Å². The number of thiocarbonyl (C=S) groups is 1. The Labute approximate surface area is 142 Å². The first-order valence-corrected chi connectivity index (χ1v) is 8.06. The number of halogens is 1. The summed E-state index contributed by atoms with van der Waals surface area (Å²) >= 11 is 11.5. The number of hydrogen-bond acceptors (Lipinski definition) is 1. The summed E-state index contributed by atoms with van der Waals surface area (Å²) in [6.45, 7) is 8.30. The summed E-state index contributed by atoms with van der Waals surface area (Å²) in [5.74, 6) is 0. The highest BCUT2D eigenvalue weighted by molar-refractivity contribution is 7.80. The summed E-state index contributed by atoms with van der Waals surface area (Å²) in [6.07, 6.45) is 0. The summed E-state index contributed by atoms with van der Waals surface area (Å²) in [5.41, 5.74) is 5.72.